The third-order valence-electron chi connectivity index (χ3n) is 4.97. The standard InChI is InChI=1S/C26H26N2O3/c1-4-10-20-17-21(15-16-24(20)31-3)25(29)28-23-14-9-8-13-22(23)26(30)27-18(2)19-11-6-5-7-12-19/h4-9,11-18H,1,10H2,2-3H3,(H,27,30)(H,28,29)/t18-/m0/s1. The molecule has 158 valence electrons. The average molecular weight is 415 g/mol. The van der Waals surface area contributed by atoms with Gasteiger partial charge >= 0.3 is 0 Å². The van der Waals surface area contributed by atoms with E-state index in [-0.39, 0.29) is 17.9 Å². The minimum absolute atomic E-state index is 0.166. The molecule has 0 radical (unpaired) electrons. The highest BCUT2D eigenvalue weighted by Crippen LogP contribution is 2.23. The number of benzene rings is 3. The second-order valence-electron chi connectivity index (χ2n) is 7.12. The molecule has 0 saturated heterocycles. The van der Waals surface area contributed by atoms with Gasteiger partial charge in [-0.2, -0.15) is 0 Å². The zero-order valence-electron chi connectivity index (χ0n) is 17.7. The predicted molar refractivity (Wildman–Crippen MR) is 124 cm³/mol. The minimum Gasteiger partial charge on any atom is -0.496 e. The first kappa shape index (κ1) is 21.8. The Kier molecular flexibility index (Phi) is 7.22. The van der Waals surface area contributed by atoms with Crippen LogP contribution in [0.4, 0.5) is 5.69 Å². The molecule has 0 aliphatic rings. The van der Waals surface area contributed by atoms with Gasteiger partial charge in [0.2, 0.25) is 0 Å². The Morgan fingerprint density at radius 1 is 1.00 bits per heavy atom. The molecule has 5 nitrogen and oxygen atoms in total. The molecule has 0 spiro atoms. The molecule has 1 atom stereocenters. The lowest BCUT2D eigenvalue weighted by Crippen LogP contribution is -2.28. The second-order valence-corrected chi connectivity index (χ2v) is 7.12. The zero-order valence-corrected chi connectivity index (χ0v) is 17.7. The Morgan fingerprint density at radius 2 is 1.71 bits per heavy atom. The molecule has 5 heteroatoms. The summed E-state index contributed by atoms with van der Waals surface area (Å²) in [5.74, 6) is 0.143. The molecule has 3 rings (SSSR count). The Bertz CT molecular complexity index is 1080. The SMILES string of the molecule is C=CCc1cc(C(=O)Nc2ccccc2C(=O)N[C@@H](C)c2ccccc2)ccc1OC. The molecule has 0 bridgehead atoms. The van der Waals surface area contributed by atoms with E-state index in [4.69, 9.17) is 4.74 Å². The highest BCUT2D eigenvalue weighted by Gasteiger charge is 2.17. The third-order valence-corrected chi connectivity index (χ3v) is 4.97. The molecule has 0 aliphatic carbocycles. The fourth-order valence-corrected chi connectivity index (χ4v) is 3.32. The van der Waals surface area contributed by atoms with Gasteiger partial charge in [-0.25, -0.2) is 0 Å². The van der Waals surface area contributed by atoms with Gasteiger partial charge in [0.05, 0.1) is 24.4 Å². The van der Waals surface area contributed by atoms with Crippen LogP contribution in [0.25, 0.3) is 0 Å². The summed E-state index contributed by atoms with van der Waals surface area (Å²) in [7, 11) is 1.59. The van der Waals surface area contributed by atoms with E-state index in [0.717, 1.165) is 11.1 Å². The normalized spacial score (nSPS) is 11.3. The molecule has 0 heterocycles. The van der Waals surface area contributed by atoms with Crippen LogP contribution in [0.1, 0.15) is 44.8 Å². The number of hydrogen-bond donors (Lipinski definition) is 2. The smallest absolute Gasteiger partial charge is 0.255 e. The summed E-state index contributed by atoms with van der Waals surface area (Å²) < 4.78 is 5.34. The fraction of sp³-hybridized carbons (Fsp3) is 0.154. The highest BCUT2D eigenvalue weighted by atomic mass is 16.5. The van der Waals surface area contributed by atoms with Crippen LogP contribution in [0.3, 0.4) is 0 Å². The molecule has 0 aromatic heterocycles. The van der Waals surface area contributed by atoms with Gasteiger partial charge in [0, 0.05) is 5.56 Å². The van der Waals surface area contributed by atoms with Crippen molar-refractivity contribution in [2.24, 2.45) is 0 Å². The first-order valence-electron chi connectivity index (χ1n) is 10.1. The number of ether oxygens (including phenoxy) is 1. The maximum Gasteiger partial charge on any atom is 0.255 e. The first-order chi connectivity index (χ1) is 15.0. The molecule has 3 aromatic carbocycles. The van der Waals surface area contributed by atoms with Crippen LogP contribution in [-0.4, -0.2) is 18.9 Å². The molecule has 2 N–H and O–H groups in total. The molecule has 31 heavy (non-hydrogen) atoms. The number of amides is 2. The highest BCUT2D eigenvalue weighted by molar-refractivity contribution is 6.09. The minimum atomic E-state index is -0.302. The molecule has 0 aliphatic heterocycles. The number of para-hydroxylation sites is 1. The van der Waals surface area contributed by atoms with Crippen LogP contribution in [0.15, 0.2) is 85.5 Å². The van der Waals surface area contributed by atoms with Gasteiger partial charge in [-0.3, -0.25) is 9.59 Å². The van der Waals surface area contributed by atoms with E-state index in [0.29, 0.717) is 29.0 Å². The van der Waals surface area contributed by atoms with E-state index in [1.54, 1.807) is 55.7 Å². The van der Waals surface area contributed by atoms with Gasteiger partial charge in [0.25, 0.3) is 11.8 Å². The molecular formula is C26H26N2O3. The van der Waals surface area contributed by atoms with Crippen LogP contribution in [-0.2, 0) is 6.42 Å². The lowest BCUT2D eigenvalue weighted by Gasteiger charge is -2.16. The predicted octanol–water partition coefficient (Wildman–Crippen LogP) is 5.17. The average Bonchev–Trinajstić information content (AvgIpc) is 2.80. The Labute approximate surface area is 182 Å². The molecule has 2 amide bonds. The topological polar surface area (TPSA) is 67.4 Å². The number of methoxy groups -OCH3 is 1. The van der Waals surface area contributed by atoms with E-state index < -0.39 is 0 Å². The Morgan fingerprint density at radius 3 is 2.42 bits per heavy atom. The number of carbonyl (C=O) groups excluding carboxylic acids is 2. The first-order valence-corrected chi connectivity index (χ1v) is 10.1. The van der Waals surface area contributed by atoms with E-state index in [1.165, 1.54) is 0 Å². The van der Waals surface area contributed by atoms with E-state index in [9.17, 15) is 9.59 Å². The van der Waals surface area contributed by atoms with Crippen molar-refractivity contribution in [2.75, 3.05) is 12.4 Å². The van der Waals surface area contributed by atoms with E-state index in [2.05, 4.69) is 17.2 Å². The van der Waals surface area contributed by atoms with Gasteiger partial charge in [0.1, 0.15) is 5.75 Å². The largest absolute Gasteiger partial charge is 0.496 e. The quantitative estimate of drug-likeness (QED) is 0.500. The van der Waals surface area contributed by atoms with Crippen molar-refractivity contribution < 1.29 is 14.3 Å². The summed E-state index contributed by atoms with van der Waals surface area (Å²) in [6, 6.07) is 21.7. The zero-order chi connectivity index (χ0) is 22.2. The summed E-state index contributed by atoms with van der Waals surface area (Å²) in [6.45, 7) is 5.67. The lowest BCUT2D eigenvalue weighted by molar-refractivity contribution is 0.0941. The van der Waals surface area contributed by atoms with Gasteiger partial charge < -0.3 is 15.4 Å². The number of anilines is 1. The molecular weight excluding hydrogens is 388 g/mol. The second kappa shape index (κ2) is 10.3. The fourth-order valence-electron chi connectivity index (χ4n) is 3.32. The summed E-state index contributed by atoms with van der Waals surface area (Å²) in [6.07, 6.45) is 2.34. The molecule has 0 fully saturated rings. The number of carbonyl (C=O) groups is 2. The Hall–Kier alpha value is -3.86. The van der Waals surface area contributed by atoms with E-state index >= 15 is 0 Å². The van der Waals surface area contributed by atoms with E-state index in [1.807, 2.05) is 37.3 Å². The summed E-state index contributed by atoms with van der Waals surface area (Å²) in [4.78, 5) is 25.8. The number of rotatable bonds is 8. The van der Waals surface area contributed by atoms with Crippen molar-refractivity contribution in [2.45, 2.75) is 19.4 Å². The monoisotopic (exact) mass is 414 g/mol. The number of allylic oxidation sites excluding steroid dienone is 1. The van der Waals surface area contributed by atoms with Crippen molar-refractivity contribution in [1.29, 1.82) is 0 Å². The van der Waals surface area contributed by atoms with Gasteiger partial charge in [-0.15, -0.1) is 6.58 Å². The number of hydrogen-bond acceptors (Lipinski definition) is 3. The van der Waals surface area contributed by atoms with Crippen LogP contribution in [0.5, 0.6) is 5.75 Å². The van der Waals surface area contributed by atoms with Crippen LogP contribution in [0, 0.1) is 0 Å². The molecule has 0 unspecified atom stereocenters. The van der Waals surface area contributed by atoms with Gasteiger partial charge in [-0.1, -0.05) is 48.5 Å². The number of nitrogens with one attached hydrogen (secondary N) is 2. The molecule has 3 aromatic rings. The summed E-state index contributed by atoms with van der Waals surface area (Å²) >= 11 is 0. The van der Waals surface area contributed by atoms with Crippen molar-refractivity contribution in [3.63, 3.8) is 0 Å². The maximum atomic E-state index is 12.9. The van der Waals surface area contributed by atoms with Crippen LogP contribution >= 0.6 is 0 Å². The third kappa shape index (κ3) is 5.39. The molecule has 0 saturated carbocycles. The van der Waals surface area contributed by atoms with Crippen molar-refractivity contribution >= 4 is 17.5 Å². The van der Waals surface area contributed by atoms with Crippen LogP contribution in [0.2, 0.25) is 0 Å². The van der Waals surface area contributed by atoms with Gasteiger partial charge in [-0.05, 0) is 54.8 Å². The van der Waals surface area contributed by atoms with Crippen molar-refractivity contribution in [3.8, 4) is 5.75 Å². The van der Waals surface area contributed by atoms with Crippen molar-refractivity contribution in [1.82, 2.24) is 5.32 Å². The van der Waals surface area contributed by atoms with Crippen molar-refractivity contribution in [3.05, 3.63) is 108 Å². The summed E-state index contributed by atoms with van der Waals surface area (Å²) in [5.41, 5.74) is 3.20. The lowest BCUT2D eigenvalue weighted by atomic mass is 10.1. The van der Waals surface area contributed by atoms with Gasteiger partial charge in [0.15, 0.2) is 0 Å². The van der Waals surface area contributed by atoms with Crippen LogP contribution < -0.4 is 15.4 Å². The Balaban J connectivity index is 1.79. The summed E-state index contributed by atoms with van der Waals surface area (Å²) in [5, 5.41) is 5.85. The maximum absolute atomic E-state index is 12.9.